The zero-order chi connectivity index (χ0) is 21.0. The average molecular weight is 410 g/mol. The molecule has 1 atom stereocenters. The van der Waals surface area contributed by atoms with Gasteiger partial charge in [0.05, 0.1) is 5.69 Å². The van der Waals surface area contributed by atoms with Crippen LogP contribution in [0.5, 0.6) is 17.2 Å². The summed E-state index contributed by atoms with van der Waals surface area (Å²) >= 11 is 6.13. The summed E-state index contributed by atoms with van der Waals surface area (Å²) < 4.78 is 11.8. The fourth-order valence-corrected chi connectivity index (χ4v) is 3.08. The lowest BCUT2D eigenvalue weighted by Crippen LogP contribution is -2.30. The van der Waals surface area contributed by atoms with Crippen molar-refractivity contribution in [1.29, 1.82) is 0 Å². The van der Waals surface area contributed by atoms with Gasteiger partial charge in [-0.3, -0.25) is 4.79 Å². The molecular weight excluding hydrogens is 386 g/mol. The van der Waals surface area contributed by atoms with Gasteiger partial charge in [0.25, 0.3) is 5.91 Å². The van der Waals surface area contributed by atoms with E-state index in [1.165, 1.54) is 0 Å². The van der Waals surface area contributed by atoms with Crippen LogP contribution in [0.25, 0.3) is 0 Å². The Morgan fingerprint density at radius 1 is 0.966 bits per heavy atom. The van der Waals surface area contributed by atoms with Gasteiger partial charge in [-0.1, -0.05) is 35.9 Å². The highest BCUT2D eigenvalue weighted by Gasteiger charge is 2.19. The molecule has 150 valence electrons. The fraction of sp³-hybridized carbons (Fsp3) is 0.208. The van der Waals surface area contributed by atoms with E-state index in [2.05, 4.69) is 11.4 Å². The maximum Gasteiger partial charge on any atom is 0.265 e. The normalized spacial score (nSPS) is 11.6. The lowest BCUT2D eigenvalue weighted by molar-refractivity contribution is -0.122. The average Bonchev–Trinajstić information content (AvgIpc) is 2.68. The molecule has 3 aromatic rings. The zero-order valence-electron chi connectivity index (χ0n) is 17.0. The van der Waals surface area contributed by atoms with E-state index in [0.717, 1.165) is 16.7 Å². The molecule has 0 aromatic heterocycles. The minimum atomic E-state index is -0.696. The Morgan fingerprint density at radius 3 is 2.41 bits per heavy atom. The number of hydrogen-bond donors (Lipinski definition) is 1. The molecule has 0 saturated heterocycles. The lowest BCUT2D eigenvalue weighted by atomic mass is 10.1. The van der Waals surface area contributed by atoms with E-state index in [9.17, 15) is 4.79 Å². The zero-order valence-corrected chi connectivity index (χ0v) is 17.7. The van der Waals surface area contributed by atoms with Crippen LogP contribution < -0.4 is 14.8 Å². The number of carbonyl (C=O) groups is 1. The molecule has 3 aromatic carbocycles. The van der Waals surface area contributed by atoms with Gasteiger partial charge in [-0.2, -0.15) is 0 Å². The van der Waals surface area contributed by atoms with Crippen LogP contribution in [0, 0.1) is 20.8 Å². The largest absolute Gasteiger partial charge is 0.481 e. The predicted octanol–water partition coefficient (Wildman–Crippen LogP) is 6.46. The van der Waals surface area contributed by atoms with E-state index >= 15 is 0 Å². The third-order valence-electron chi connectivity index (χ3n) is 4.61. The van der Waals surface area contributed by atoms with Crippen LogP contribution in [-0.4, -0.2) is 12.0 Å². The third kappa shape index (κ3) is 5.30. The Morgan fingerprint density at radius 2 is 1.69 bits per heavy atom. The van der Waals surface area contributed by atoms with Crippen molar-refractivity contribution in [3.05, 3.63) is 82.4 Å². The molecule has 4 nitrogen and oxygen atoms in total. The van der Waals surface area contributed by atoms with Gasteiger partial charge in [-0.15, -0.1) is 0 Å². The van der Waals surface area contributed by atoms with Crippen LogP contribution in [0.4, 0.5) is 5.69 Å². The first-order valence-electron chi connectivity index (χ1n) is 9.41. The van der Waals surface area contributed by atoms with Crippen molar-refractivity contribution in [3.63, 3.8) is 0 Å². The highest BCUT2D eigenvalue weighted by molar-refractivity contribution is 6.31. The summed E-state index contributed by atoms with van der Waals surface area (Å²) in [6.45, 7) is 7.73. The molecule has 0 aliphatic carbocycles. The number of amides is 1. The van der Waals surface area contributed by atoms with Crippen LogP contribution in [0.15, 0.2) is 60.7 Å². The minimum Gasteiger partial charge on any atom is -0.481 e. The second-order valence-electron chi connectivity index (χ2n) is 7.01. The molecule has 0 aliphatic rings. The van der Waals surface area contributed by atoms with E-state index in [1.54, 1.807) is 25.1 Å². The summed E-state index contributed by atoms with van der Waals surface area (Å²) in [7, 11) is 0. The van der Waals surface area contributed by atoms with Crippen molar-refractivity contribution >= 4 is 23.2 Å². The Labute approximate surface area is 176 Å². The van der Waals surface area contributed by atoms with Crippen LogP contribution in [0.1, 0.15) is 23.6 Å². The highest BCUT2D eigenvalue weighted by Crippen LogP contribution is 2.32. The van der Waals surface area contributed by atoms with Gasteiger partial charge >= 0.3 is 0 Å². The van der Waals surface area contributed by atoms with Crippen molar-refractivity contribution in [1.82, 2.24) is 0 Å². The Hall–Kier alpha value is -2.98. The molecule has 29 heavy (non-hydrogen) atoms. The maximum atomic E-state index is 12.8. The molecule has 0 saturated carbocycles. The Kier molecular flexibility index (Phi) is 6.45. The summed E-state index contributed by atoms with van der Waals surface area (Å²) in [6.07, 6.45) is -0.696. The SMILES string of the molecule is Cc1cc(C)c(C)c(O[C@H](C)C(=O)Nc2cc(Cl)ccc2Oc2ccccc2)c1. The lowest BCUT2D eigenvalue weighted by Gasteiger charge is -2.19. The van der Waals surface area contributed by atoms with Crippen LogP contribution in [-0.2, 0) is 4.79 Å². The molecule has 5 heteroatoms. The Bertz CT molecular complexity index is 1020. The van der Waals surface area contributed by atoms with Crippen molar-refractivity contribution in [2.75, 3.05) is 5.32 Å². The van der Waals surface area contributed by atoms with E-state index in [-0.39, 0.29) is 5.91 Å². The van der Waals surface area contributed by atoms with E-state index in [0.29, 0.717) is 28.0 Å². The number of nitrogens with one attached hydrogen (secondary N) is 1. The number of carbonyl (C=O) groups excluding carboxylic acids is 1. The van der Waals surface area contributed by atoms with Crippen LogP contribution in [0.3, 0.4) is 0 Å². The summed E-state index contributed by atoms with van der Waals surface area (Å²) in [5.74, 6) is 1.59. The van der Waals surface area contributed by atoms with Gasteiger partial charge in [-0.25, -0.2) is 0 Å². The molecule has 0 bridgehead atoms. The number of para-hydroxylation sites is 1. The second-order valence-corrected chi connectivity index (χ2v) is 7.45. The van der Waals surface area contributed by atoms with Crippen molar-refractivity contribution in [2.45, 2.75) is 33.8 Å². The molecule has 1 amide bonds. The number of aryl methyl sites for hydroxylation is 2. The van der Waals surface area contributed by atoms with Gasteiger partial charge in [0.15, 0.2) is 11.9 Å². The molecule has 0 aliphatic heterocycles. The second kappa shape index (κ2) is 9.01. The standard InChI is InChI=1S/C24H24ClNO3/c1-15-12-16(2)17(3)23(13-15)28-18(4)24(27)26-21-14-19(25)10-11-22(21)29-20-8-6-5-7-9-20/h5-14,18H,1-4H3,(H,26,27)/t18-/m1/s1. The molecule has 0 radical (unpaired) electrons. The third-order valence-corrected chi connectivity index (χ3v) is 4.84. The summed E-state index contributed by atoms with van der Waals surface area (Å²) in [6, 6.07) is 18.5. The molecule has 0 spiro atoms. The first-order chi connectivity index (χ1) is 13.8. The van der Waals surface area contributed by atoms with Crippen LogP contribution >= 0.6 is 11.6 Å². The Balaban J connectivity index is 1.77. The van der Waals surface area contributed by atoms with Gasteiger partial charge in [0.2, 0.25) is 0 Å². The van der Waals surface area contributed by atoms with E-state index < -0.39 is 6.10 Å². The summed E-state index contributed by atoms with van der Waals surface area (Å²) in [4.78, 5) is 12.8. The molecule has 0 unspecified atom stereocenters. The topological polar surface area (TPSA) is 47.6 Å². The number of anilines is 1. The minimum absolute atomic E-state index is 0.288. The molecule has 0 fully saturated rings. The number of hydrogen-bond acceptors (Lipinski definition) is 3. The monoisotopic (exact) mass is 409 g/mol. The molecule has 0 heterocycles. The maximum absolute atomic E-state index is 12.8. The summed E-state index contributed by atoms with van der Waals surface area (Å²) in [5, 5.41) is 3.37. The van der Waals surface area contributed by atoms with Crippen molar-refractivity contribution in [2.24, 2.45) is 0 Å². The number of ether oxygens (including phenoxy) is 2. The number of benzene rings is 3. The fourth-order valence-electron chi connectivity index (χ4n) is 2.91. The quantitative estimate of drug-likeness (QED) is 0.508. The number of halogens is 1. The van der Waals surface area contributed by atoms with Gasteiger partial charge in [0, 0.05) is 5.02 Å². The number of rotatable bonds is 6. The van der Waals surface area contributed by atoms with E-state index in [1.807, 2.05) is 57.2 Å². The van der Waals surface area contributed by atoms with Gasteiger partial charge in [0.1, 0.15) is 11.5 Å². The summed E-state index contributed by atoms with van der Waals surface area (Å²) in [5.41, 5.74) is 3.72. The van der Waals surface area contributed by atoms with Gasteiger partial charge in [-0.05, 0) is 80.8 Å². The van der Waals surface area contributed by atoms with Crippen LogP contribution in [0.2, 0.25) is 5.02 Å². The first-order valence-corrected chi connectivity index (χ1v) is 9.79. The van der Waals surface area contributed by atoms with Crippen molar-refractivity contribution in [3.8, 4) is 17.2 Å². The molecule has 1 N–H and O–H groups in total. The molecule has 3 rings (SSSR count). The van der Waals surface area contributed by atoms with E-state index in [4.69, 9.17) is 21.1 Å². The van der Waals surface area contributed by atoms with Gasteiger partial charge < -0.3 is 14.8 Å². The molecular formula is C24H24ClNO3. The van der Waals surface area contributed by atoms with Crippen molar-refractivity contribution < 1.29 is 14.3 Å². The predicted molar refractivity (Wildman–Crippen MR) is 117 cm³/mol. The first kappa shape index (κ1) is 20.7. The smallest absolute Gasteiger partial charge is 0.265 e. The highest BCUT2D eigenvalue weighted by atomic mass is 35.5.